The van der Waals surface area contributed by atoms with Crippen LogP contribution >= 0.6 is 0 Å². The number of ether oxygens (including phenoxy) is 1. The van der Waals surface area contributed by atoms with E-state index in [0.717, 1.165) is 12.1 Å². The second-order valence-corrected chi connectivity index (χ2v) is 7.72. The summed E-state index contributed by atoms with van der Waals surface area (Å²) >= 11 is 0. The Morgan fingerprint density at radius 1 is 1.17 bits per heavy atom. The smallest absolute Gasteiger partial charge is 0.263 e. The summed E-state index contributed by atoms with van der Waals surface area (Å²) in [7, 11) is 0. The minimum atomic E-state index is -2.94. The van der Waals surface area contributed by atoms with Gasteiger partial charge >= 0.3 is 0 Å². The molecule has 0 amide bonds. The fraction of sp³-hybridized carbons (Fsp3) is 0.368. The minimum absolute atomic E-state index is 0.135. The first-order valence-corrected chi connectivity index (χ1v) is 9.09. The summed E-state index contributed by atoms with van der Waals surface area (Å²) in [6.07, 6.45) is -4.50. The molecule has 0 radical (unpaired) electrons. The van der Waals surface area contributed by atoms with Crippen LogP contribution in [0.4, 0.5) is 19.0 Å². The van der Waals surface area contributed by atoms with Crippen molar-refractivity contribution in [2.75, 3.05) is 5.73 Å². The van der Waals surface area contributed by atoms with Crippen LogP contribution in [-0.4, -0.2) is 47.2 Å². The van der Waals surface area contributed by atoms with Crippen molar-refractivity contribution >= 4 is 16.9 Å². The van der Waals surface area contributed by atoms with Crippen molar-refractivity contribution in [1.82, 2.24) is 14.5 Å². The average Bonchev–Trinajstić information content (AvgIpc) is 2.99. The Balaban J connectivity index is 1.52. The summed E-state index contributed by atoms with van der Waals surface area (Å²) in [5.41, 5.74) is 1.74. The van der Waals surface area contributed by atoms with Gasteiger partial charge in [0.15, 0.2) is 6.23 Å². The number of nitrogens with two attached hydrogens (primary N) is 1. The maximum atomic E-state index is 13.8. The second kappa shape index (κ2) is 6.14. The van der Waals surface area contributed by atoms with E-state index in [1.165, 1.54) is 10.9 Å². The summed E-state index contributed by atoms with van der Waals surface area (Å²) in [5, 5.41) is 33.1. The van der Waals surface area contributed by atoms with Gasteiger partial charge < -0.3 is 30.4 Å². The van der Waals surface area contributed by atoms with Gasteiger partial charge in [-0.1, -0.05) is 0 Å². The van der Waals surface area contributed by atoms with E-state index in [1.807, 2.05) is 0 Å². The van der Waals surface area contributed by atoms with Gasteiger partial charge in [-0.2, -0.15) is 0 Å². The number of anilines is 1. The molecule has 11 heteroatoms. The van der Waals surface area contributed by atoms with Crippen molar-refractivity contribution in [3.05, 3.63) is 53.7 Å². The number of hydrogen-bond donors (Lipinski definition) is 4. The fourth-order valence-corrected chi connectivity index (χ4v) is 4.30. The number of nitrogens with zero attached hydrogens (tertiary/aromatic N) is 3. The Morgan fingerprint density at radius 3 is 2.63 bits per heavy atom. The maximum absolute atomic E-state index is 13.8. The lowest BCUT2D eigenvalue weighted by molar-refractivity contribution is -0.122. The lowest BCUT2D eigenvalue weighted by atomic mass is 9.96. The third kappa shape index (κ3) is 2.49. The number of aromatic nitrogens is 3. The van der Waals surface area contributed by atoms with E-state index in [4.69, 9.17) is 10.5 Å². The molecule has 2 aromatic heterocycles. The number of hydrogen-bond acceptors (Lipinski definition) is 7. The Kier molecular flexibility index (Phi) is 3.94. The van der Waals surface area contributed by atoms with Crippen molar-refractivity contribution in [3.8, 4) is 0 Å². The quantitative estimate of drug-likeness (QED) is 0.503. The van der Waals surface area contributed by atoms with E-state index >= 15 is 0 Å². The fourth-order valence-electron chi connectivity index (χ4n) is 4.30. The summed E-state index contributed by atoms with van der Waals surface area (Å²) in [6.45, 7) is 0. The SMILES string of the molecule is Nc1ncnc2c1ccn2[C@@H]1O[C@H]([C@@H](O)c2cc(F)cc(C(F)F)c2)[C@]2(O)C[C@@]12O. The van der Waals surface area contributed by atoms with E-state index in [2.05, 4.69) is 9.97 Å². The number of aliphatic hydroxyl groups is 3. The van der Waals surface area contributed by atoms with Crippen LogP contribution in [0.25, 0.3) is 11.0 Å². The number of halogens is 3. The number of aliphatic hydroxyl groups excluding tert-OH is 1. The van der Waals surface area contributed by atoms with Crippen molar-refractivity contribution in [1.29, 1.82) is 0 Å². The van der Waals surface area contributed by atoms with Crippen molar-refractivity contribution < 1.29 is 33.2 Å². The highest BCUT2D eigenvalue weighted by Gasteiger charge is 2.81. The molecule has 1 aliphatic carbocycles. The van der Waals surface area contributed by atoms with Crippen molar-refractivity contribution in [2.24, 2.45) is 0 Å². The van der Waals surface area contributed by atoms with Gasteiger partial charge in [0.25, 0.3) is 6.43 Å². The molecule has 3 heterocycles. The second-order valence-electron chi connectivity index (χ2n) is 7.72. The molecular weight excluding hydrogens is 405 g/mol. The molecule has 158 valence electrons. The zero-order valence-corrected chi connectivity index (χ0v) is 15.3. The number of rotatable bonds is 4. The van der Waals surface area contributed by atoms with Crippen LogP contribution < -0.4 is 5.73 Å². The first-order chi connectivity index (χ1) is 14.2. The number of alkyl halides is 2. The first kappa shape index (κ1) is 19.2. The largest absolute Gasteiger partial charge is 0.386 e. The number of benzene rings is 1. The minimum Gasteiger partial charge on any atom is -0.386 e. The third-order valence-electron chi connectivity index (χ3n) is 5.93. The molecule has 0 bridgehead atoms. The van der Waals surface area contributed by atoms with Crippen LogP contribution in [0.1, 0.15) is 36.3 Å². The average molecular weight is 422 g/mol. The topological polar surface area (TPSA) is 127 Å². The van der Waals surface area contributed by atoms with E-state index in [-0.39, 0.29) is 17.8 Å². The molecule has 1 aliphatic heterocycles. The summed E-state index contributed by atoms with van der Waals surface area (Å²) in [4.78, 5) is 8.01. The first-order valence-electron chi connectivity index (χ1n) is 9.09. The maximum Gasteiger partial charge on any atom is 0.263 e. The number of fused-ring (bicyclic) bond motifs is 2. The summed E-state index contributed by atoms with van der Waals surface area (Å²) in [6, 6.07) is 4.11. The van der Waals surface area contributed by atoms with E-state index in [9.17, 15) is 28.5 Å². The Morgan fingerprint density at radius 2 is 1.90 bits per heavy atom. The highest BCUT2D eigenvalue weighted by atomic mass is 19.3. The van der Waals surface area contributed by atoms with Gasteiger partial charge in [-0.05, 0) is 29.8 Å². The van der Waals surface area contributed by atoms with E-state index in [0.29, 0.717) is 17.1 Å². The third-order valence-corrected chi connectivity index (χ3v) is 5.93. The van der Waals surface area contributed by atoms with Gasteiger partial charge in [0.1, 0.15) is 47.0 Å². The lowest BCUT2D eigenvalue weighted by Crippen LogP contribution is -2.35. The molecule has 3 aromatic rings. The van der Waals surface area contributed by atoms with Gasteiger partial charge in [0.05, 0.1) is 5.39 Å². The van der Waals surface area contributed by atoms with Crippen molar-refractivity contribution in [2.45, 2.75) is 42.5 Å². The van der Waals surface area contributed by atoms with Gasteiger partial charge in [-0.3, -0.25) is 0 Å². The Hall–Kier alpha value is -2.73. The standard InChI is InChI=1S/C19H17F3N4O4/c20-10-4-8(3-9(5-10)14(21)22)12(27)13-18(28)6-19(18,29)17(30-13)26-2-1-11-15(23)24-7-25-16(11)26/h1-5,7,12-14,17,27-29H,6H2,(H2,23,24,25)/t12-,13+,17+,18+,19+/m0/s1. The van der Waals surface area contributed by atoms with Gasteiger partial charge in [-0.25, -0.2) is 23.1 Å². The molecule has 8 nitrogen and oxygen atoms in total. The normalized spacial score (nSPS) is 31.3. The van der Waals surface area contributed by atoms with Gasteiger partial charge in [0.2, 0.25) is 0 Å². The molecule has 1 saturated heterocycles. The van der Waals surface area contributed by atoms with Crippen LogP contribution in [-0.2, 0) is 4.74 Å². The van der Waals surface area contributed by atoms with Crippen molar-refractivity contribution in [3.63, 3.8) is 0 Å². The molecular formula is C19H17F3N4O4. The molecule has 5 atom stereocenters. The number of nitrogen functional groups attached to an aromatic ring is 1. The monoisotopic (exact) mass is 422 g/mol. The Labute approximate surface area is 167 Å². The predicted octanol–water partition coefficient (Wildman–Crippen LogP) is 1.59. The molecule has 5 N–H and O–H groups in total. The van der Waals surface area contributed by atoms with Crippen LogP contribution in [0.2, 0.25) is 0 Å². The molecule has 30 heavy (non-hydrogen) atoms. The molecule has 1 aromatic carbocycles. The highest BCUT2D eigenvalue weighted by Crippen LogP contribution is 2.65. The molecule has 1 saturated carbocycles. The summed E-state index contributed by atoms with van der Waals surface area (Å²) < 4.78 is 47.1. The molecule has 2 aliphatic rings. The zero-order chi connectivity index (χ0) is 21.4. The molecule has 2 fully saturated rings. The summed E-state index contributed by atoms with van der Waals surface area (Å²) in [5.74, 6) is -0.747. The molecule has 0 spiro atoms. The molecule has 5 rings (SSSR count). The van der Waals surface area contributed by atoms with E-state index in [1.54, 1.807) is 12.3 Å². The predicted molar refractivity (Wildman–Crippen MR) is 96.7 cm³/mol. The molecule has 0 unspecified atom stereocenters. The Bertz CT molecular complexity index is 1160. The van der Waals surface area contributed by atoms with Gasteiger partial charge in [-0.15, -0.1) is 0 Å². The zero-order valence-electron chi connectivity index (χ0n) is 15.3. The van der Waals surface area contributed by atoms with Crippen LogP contribution in [0.15, 0.2) is 36.8 Å². The van der Waals surface area contributed by atoms with Crippen LogP contribution in [0.3, 0.4) is 0 Å². The van der Waals surface area contributed by atoms with Crippen LogP contribution in [0, 0.1) is 5.82 Å². The highest BCUT2D eigenvalue weighted by molar-refractivity contribution is 5.86. The van der Waals surface area contributed by atoms with E-state index < -0.39 is 47.4 Å². The van der Waals surface area contributed by atoms with Gasteiger partial charge in [0, 0.05) is 18.2 Å². The lowest BCUT2D eigenvalue weighted by Gasteiger charge is -2.26. The van der Waals surface area contributed by atoms with Crippen LogP contribution in [0.5, 0.6) is 0 Å².